The number of nitrogens with zero attached hydrogens (tertiary/aromatic N) is 1. The van der Waals surface area contributed by atoms with E-state index in [1.807, 2.05) is 0 Å². The highest BCUT2D eigenvalue weighted by Gasteiger charge is 2.34. The number of rotatable bonds is 2. The third-order valence-electron chi connectivity index (χ3n) is 2.75. The van der Waals surface area contributed by atoms with Gasteiger partial charge < -0.3 is 9.64 Å². The van der Waals surface area contributed by atoms with Crippen molar-refractivity contribution in [2.24, 2.45) is 5.41 Å². The maximum Gasteiger partial charge on any atom is 0.0866 e. The molecule has 0 unspecified atom stereocenters. The average molecular weight is 187 g/mol. The van der Waals surface area contributed by atoms with Crippen LogP contribution in [0.1, 0.15) is 13.3 Å². The molecule has 13 heavy (non-hydrogen) atoms. The zero-order chi connectivity index (χ0) is 9.90. The lowest BCUT2D eigenvalue weighted by Gasteiger charge is -2.40. The first-order valence-electron chi connectivity index (χ1n) is 4.59. The summed E-state index contributed by atoms with van der Waals surface area (Å²) in [4.78, 5) is 2.21. The Morgan fingerprint density at radius 3 is 2.92 bits per heavy atom. The molecular weight excluding hydrogens is 169 g/mol. The minimum absolute atomic E-state index is 0.142. The van der Waals surface area contributed by atoms with Gasteiger partial charge in [-0.3, -0.25) is 0 Å². The van der Waals surface area contributed by atoms with Crippen LogP contribution in [0.5, 0.6) is 0 Å². The van der Waals surface area contributed by atoms with Gasteiger partial charge in [0.2, 0.25) is 0 Å². The van der Waals surface area contributed by atoms with Crippen LogP contribution in [0.15, 0.2) is 11.9 Å². The summed E-state index contributed by atoms with van der Waals surface area (Å²) in [6, 6.07) is 0. The smallest absolute Gasteiger partial charge is 0.0866 e. The van der Waals surface area contributed by atoms with E-state index < -0.39 is 0 Å². The molecular formula is C10H18FNO. The lowest BCUT2D eigenvalue weighted by Crippen LogP contribution is -2.43. The third-order valence-corrected chi connectivity index (χ3v) is 2.75. The molecule has 0 amide bonds. The molecule has 0 aromatic heterocycles. The van der Waals surface area contributed by atoms with Gasteiger partial charge in [-0.2, -0.15) is 0 Å². The zero-order valence-corrected chi connectivity index (χ0v) is 8.64. The van der Waals surface area contributed by atoms with E-state index in [9.17, 15) is 4.39 Å². The van der Waals surface area contributed by atoms with Gasteiger partial charge in [0.1, 0.15) is 0 Å². The van der Waals surface area contributed by atoms with Crippen LogP contribution in [-0.4, -0.2) is 38.8 Å². The van der Waals surface area contributed by atoms with Crippen LogP contribution in [-0.2, 0) is 4.74 Å². The molecule has 0 N–H and O–H groups in total. The number of methoxy groups -OCH3 is 1. The summed E-state index contributed by atoms with van der Waals surface area (Å²) in [5.74, 6) is 0. The van der Waals surface area contributed by atoms with Crippen molar-refractivity contribution in [3.05, 3.63) is 11.9 Å². The number of piperidine rings is 1. The van der Waals surface area contributed by atoms with Gasteiger partial charge in [-0.25, -0.2) is 4.39 Å². The first kappa shape index (κ1) is 10.7. The van der Waals surface area contributed by atoms with E-state index in [-0.39, 0.29) is 5.41 Å². The van der Waals surface area contributed by atoms with Crippen molar-refractivity contribution in [3.8, 4) is 0 Å². The van der Waals surface area contributed by atoms with Crippen molar-refractivity contribution < 1.29 is 9.13 Å². The van der Waals surface area contributed by atoms with Crippen molar-refractivity contribution in [2.75, 3.05) is 33.9 Å². The van der Waals surface area contributed by atoms with Crippen LogP contribution in [0.2, 0.25) is 0 Å². The van der Waals surface area contributed by atoms with Gasteiger partial charge in [0.15, 0.2) is 0 Å². The minimum Gasteiger partial charge on any atom is -0.384 e. The summed E-state index contributed by atoms with van der Waals surface area (Å²) in [5.41, 5.74) is 0.740. The molecule has 3 heteroatoms. The van der Waals surface area contributed by atoms with E-state index in [2.05, 4.69) is 18.9 Å². The Balaban J connectivity index is 2.75. The van der Waals surface area contributed by atoms with E-state index in [1.54, 1.807) is 7.11 Å². The maximum absolute atomic E-state index is 12.6. The zero-order valence-electron chi connectivity index (χ0n) is 8.64. The van der Waals surface area contributed by atoms with Gasteiger partial charge in [-0.1, -0.05) is 6.92 Å². The molecule has 0 aliphatic carbocycles. The second-order valence-electron chi connectivity index (χ2n) is 4.12. The second-order valence-corrected chi connectivity index (χ2v) is 4.12. The Hall–Kier alpha value is -0.410. The fourth-order valence-electron chi connectivity index (χ4n) is 2.03. The molecule has 1 fully saturated rings. The molecule has 0 aromatic carbocycles. The molecule has 0 bridgehead atoms. The maximum atomic E-state index is 12.6. The van der Waals surface area contributed by atoms with Gasteiger partial charge in [0.25, 0.3) is 0 Å². The van der Waals surface area contributed by atoms with E-state index in [0.29, 0.717) is 6.61 Å². The molecule has 1 rings (SSSR count). The quantitative estimate of drug-likeness (QED) is 0.654. The Morgan fingerprint density at radius 1 is 1.69 bits per heavy atom. The fraction of sp³-hybridized carbons (Fsp3) is 0.800. The van der Waals surface area contributed by atoms with Crippen molar-refractivity contribution in [1.82, 2.24) is 4.90 Å². The van der Waals surface area contributed by atoms with Gasteiger partial charge in [0.05, 0.1) is 12.9 Å². The van der Waals surface area contributed by atoms with Crippen LogP contribution < -0.4 is 0 Å². The number of hydrogen-bond acceptors (Lipinski definition) is 2. The predicted molar refractivity (Wildman–Crippen MR) is 51.3 cm³/mol. The molecule has 76 valence electrons. The third kappa shape index (κ3) is 2.29. The minimum atomic E-state index is -0.142. The van der Waals surface area contributed by atoms with Crippen molar-refractivity contribution in [3.63, 3.8) is 0 Å². The highest BCUT2D eigenvalue weighted by molar-refractivity contribution is 5.15. The molecule has 1 saturated heterocycles. The molecule has 0 saturated carbocycles. The normalized spacial score (nSPS) is 34.0. The summed E-state index contributed by atoms with van der Waals surface area (Å²) in [7, 11) is 3.72. The molecule has 0 radical (unpaired) electrons. The van der Waals surface area contributed by atoms with E-state index in [4.69, 9.17) is 4.74 Å². The SMILES string of the molecule is COC[C@]1(C)CN(C)CC/C1=C\F. The van der Waals surface area contributed by atoms with Gasteiger partial charge in [-0.15, -0.1) is 0 Å². The molecule has 1 atom stereocenters. The molecule has 2 nitrogen and oxygen atoms in total. The van der Waals surface area contributed by atoms with Crippen LogP contribution in [0.3, 0.4) is 0 Å². The molecule has 0 spiro atoms. The Bertz CT molecular complexity index is 205. The van der Waals surface area contributed by atoms with Gasteiger partial charge >= 0.3 is 0 Å². The Labute approximate surface area is 79.4 Å². The van der Waals surface area contributed by atoms with E-state index in [1.165, 1.54) is 0 Å². The highest BCUT2D eigenvalue weighted by atomic mass is 19.1. The van der Waals surface area contributed by atoms with Crippen LogP contribution in [0.4, 0.5) is 4.39 Å². The molecule has 1 aliphatic rings. The predicted octanol–water partition coefficient (Wildman–Crippen LogP) is 1.83. The first-order valence-corrected chi connectivity index (χ1v) is 4.59. The van der Waals surface area contributed by atoms with Crippen LogP contribution in [0.25, 0.3) is 0 Å². The Kier molecular flexibility index (Phi) is 3.45. The first-order chi connectivity index (χ1) is 6.12. The van der Waals surface area contributed by atoms with E-state index in [0.717, 1.165) is 31.4 Å². The number of likely N-dealkylation sites (tertiary alicyclic amines) is 1. The second kappa shape index (κ2) is 4.20. The number of ether oxygens (including phenoxy) is 1. The summed E-state index contributed by atoms with van der Waals surface area (Å²) in [5, 5.41) is 0. The van der Waals surface area contributed by atoms with Gasteiger partial charge in [0, 0.05) is 25.6 Å². The summed E-state index contributed by atoms with van der Waals surface area (Å²) in [6.45, 7) is 4.45. The number of hydrogen-bond donors (Lipinski definition) is 0. The highest BCUT2D eigenvalue weighted by Crippen LogP contribution is 2.34. The van der Waals surface area contributed by atoms with Crippen molar-refractivity contribution >= 4 is 0 Å². The van der Waals surface area contributed by atoms with Gasteiger partial charge in [-0.05, 0) is 19.0 Å². The fourth-order valence-corrected chi connectivity index (χ4v) is 2.03. The molecule has 0 aromatic rings. The van der Waals surface area contributed by atoms with Crippen molar-refractivity contribution in [2.45, 2.75) is 13.3 Å². The summed E-state index contributed by atoms with van der Waals surface area (Å²) >= 11 is 0. The average Bonchev–Trinajstić information content (AvgIpc) is 2.04. The summed E-state index contributed by atoms with van der Waals surface area (Å²) in [6.07, 6.45) is 1.57. The van der Waals surface area contributed by atoms with E-state index >= 15 is 0 Å². The van der Waals surface area contributed by atoms with Crippen LogP contribution >= 0.6 is 0 Å². The lowest BCUT2D eigenvalue weighted by molar-refractivity contribution is 0.0696. The molecule has 1 heterocycles. The molecule has 1 aliphatic heterocycles. The van der Waals surface area contributed by atoms with Crippen molar-refractivity contribution in [1.29, 1.82) is 0 Å². The number of halogens is 1. The lowest BCUT2D eigenvalue weighted by atomic mass is 9.78. The topological polar surface area (TPSA) is 12.5 Å². The summed E-state index contributed by atoms with van der Waals surface area (Å²) < 4.78 is 17.7. The van der Waals surface area contributed by atoms with Crippen LogP contribution in [0, 0.1) is 5.41 Å². The Morgan fingerprint density at radius 2 is 2.38 bits per heavy atom. The largest absolute Gasteiger partial charge is 0.384 e. The standard InChI is InChI=1S/C10H18FNO/c1-10(8-13-3)7-12(2)5-4-9(10)6-11/h6H,4-5,7-8H2,1-3H3/b9-6+/t10-/m0/s1. The monoisotopic (exact) mass is 187 g/mol.